The fourth-order valence-corrected chi connectivity index (χ4v) is 1.14. The normalized spacial score (nSPS) is 27.0. The third-order valence-corrected chi connectivity index (χ3v) is 1.67. The van der Waals surface area contributed by atoms with Gasteiger partial charge in [-0.2, -0.15) is 0 Å². The molecule has 0 spiro atoms. The zero-order valence-electron chi connectivity index (χ0n) is 7.33. The van der Waals surface area contributed by atoms with Crippen molar-refractivity contribution in [2.45, 2.75) is 32.2 Å². The SMILES string of the molecule is CC1(C)OCC(CCO[C]=O)O1. The number of hydrogen-bond acceptors (Lipinski definition) is 4. The first-order valence-corrected chi connectivity index (χ1v) is 3.95. The van der Waals surface area contributed by atoms with Crippen LogP contribution in [0, 0.1) is 0 Å². The van der Waals surface area contributed by atoms with Gasteiger partial charge in [0.1, 0.15) is 0 Å². The molecule has 1 aliphatic heterocycles. The molecule has 0 N–H and O–H groups in total. The van der Waals surface area contributed by atoms with Gasteiger partial charge < -0.3 is 14.2 Å². The van der Waals surface area contributed by atoms with E-state index in [9.17, 15) is 4.79 Å². The highest BCUT2D eigenvalue weighted by atomic mass is 16.7. The molecule has 1 fully saturated rings. The van der Waals surface area contributed by atoms with Crippen LogP contribution in [0.1, 0.15) is 20.3 Å². The van der Waals surface area contributed by atoms with Crippen molar-refractivity contribution in [1.29, 1.82) is 0 Å². The predicted molar refractivity (Wildman–Crippen MR) is 41.2 cm³/mol. The molecule has 0 aromatic rings. The molecule has 0 saturated carbocycles. The van der Waals surface area contributed by atoms with E-state index in [1.54, 1.807) is 0 Å². The maximum Gasteiger partial charge on any atom is 0.417 e. The van der Waals surface area contributed by atoms with Crippen molar-refractivity contribution in [3.8, 4) is 0 Å². The third kappa shape index (κ3) is 2.79. The van der Waals surface area contributed by atoms with Crippen LogP contribution >= 0.6 is 0 Å². The van der Waals surface area contributed by atoms with Gasteiger partial charge in [0, 0.05) is 6.42 Å². The summed E-state index contributed by atoms with van der Waals surface area (Å²) in [7, 11) is 0. The summed E-state index contributed by atoms with van der Waals surface area (Å²) in [5.74, 6) is -0.491. The Morgan fingerprint density at radius 2 is 2.42 bits per heavy atom. The molecular weight excluding hydrogens is 160 g/mol. The fraction of sp³-hybridized carbons (Fsp3) is 0.875. The molecule has 0 aromatic carbocycles. The van der Waals surface area contributed by atoms with Crippen LogP contribution in [0.25, 0.3) is 0 Å². The second-order valence-corrected chi connectivity index (χ2v) is 3.17. The summed E-state index contributed by atoms with van der Waals surface area (Å²) in [6.07, 6.45) is 0.701. The number of rotatable bonds is 4. The Hall–Kier alpha value is -0.610. The lowest BCUT2D eigenvalue weighted by Gasteiger charge is -2.16. The molecule has 69 valence electrons. The van der Waals surface area contributed by atoms with Crippen molar-refractivity contribution in [2.24, 2.45) is 0 Å². The molecule has 12 heavy (non-hydrogen) atoms. The van der Waals surface area contributed by atoms with Crippen LogP contribution in [0.15, 0.2) is 0 Å². The number of hydrogen-bond donors (Lipinski definition) is 0. The molecule has 0 bridgehead atoms. The van der Waals surface area contributed by atoms with Crippen LogP contribution in [0.4, 0.5) is 0 Å². The maximum atomic E-state index is 9.69. The monoisotopic (exact) mass is 173 g/mol. The average molecular weight is 173 g/mol. The van der Waals surface area contributed by atoms with Crippen molar-refractivity contribution < 1.29 is 19.0 Å². The Balaban J connectivity index is 2.15. The summed E-state index contributed by atoms with van der Waals surface area (Å²) in [6.45, 7) is 5.99. The van der Waals surface area contributed by atoms with E-state index in [1.165, 1.54) is 6.47 Å². The van der Waals surface area contributed by atoms with Crippen molar-refractivity contribution in [3.63, 3.8) is 0 Å². The minimum atomic E-state index is -0.491. The van der Waals surface area contributed by atoms with E-state index >= 15 is 0 Å². The van der Waals surface area contributed by atoms with E-state index in [0.717, 1.165) is 0 Å². The standard InChI is InChI=1S/C8H13O4/c1-8(2)11-5-7(12-8)3-4-10-6-9/h7H,3-5H2,1-2H3. The lowest BCUT2D eigenvalue weighted by molar-refractivity contribution is -0.139. The number of carbonyl (C=O) groups excluding carboxylic acids is 1. The van der Waals surface area contributed by atoms with Crippen LogP contribution in [0.5, 0.6) is 0 Å². The van der Waals surface area contributed by atoms with Crippen molar-refractivity contribution in [2.75, 3.05) is 13.2 Å². The summed E-state index contributed by atoms with van der Waals surface area (Å²) in [5.41, 5.74) is 0. The van der Waals surface area contributed by atoms with Gasteiger partial charge in [0.05, 0.1) is 19.3 Å². The Labute approximate surface area is 71.8 Å². The van der Waals surface area contributed by atoms with Crippen molar-refractivity contribution >= 4 is 6.47 Å². The maximum absolute atomic E-state index is 9.69. The highest BCUT2D eigenvalue weighted by molar-refractivity contribution is 5.38. The zero-order chi connectivity index (χ0) is 9.03. The van der Waals surface area contributed by atoms with Crippen LogP contribution in [0.3, 0.4) is 0 Å². The molecular formula is C8H13O4. The Bertz CT molecular complexity index is 155. The first-order chi connectivity index (χ1) is 5.64. The summed E-state index contributed by atoms with van der Waals surface area (Å²) < 4.78 is 15.2. The fourth-order valence-electron chi connectivity index (χ4n) is 1.14. The smallest absolute Gasteiger partial charge is 0.417 e. The minimum Gasteiger partial charge on any atom is -0.457 e. The molecule has 1 aliphatic rings. The molecule has 1 saturated heterocycles. The predicted octanol–water partition coefficient (Wildman–Crippen LogP) is 0.612. The highest BCUT2D eigenvalue weighted by Gasteiger charge is 2.32. The third-order valence-electron chi connectivity index (χ3n) is 1.67. The van der Waals surface area contributed by atoms with Gasteiger partial charge in [0.15, 0.2) is 5.79 Å². The first kappa shape index (κ1) is 9.48. The van der Waals surface area contributed by atoms with Crippen LogP contribution < -0.4 is 0 Å². The highest BCUT2D eigenvalue weighted by Crippen LogP contribution is 2.23. The second-order valence-electron chi connectivity index (χ2n) is 3.17. The van der Waals surface area contributed by atoms with Crippen molar-refractivity contribution in [3.05, 3.63) is 0 Å². The summed E-state index contributed by atoms with van der Waals surface area (Å²) in [6, 6.07) is 0. The van der Waals surface area contributed by atoms with E-state index in [2.05, 4.69) is 4.74 Å². The molecule has 4 nitrogen and oxygen atoms in total. The van der Waals surface area contributed by atoms with Gasteiger partial charge in [-0.1, -0.05) is 0 Å². The molecule has 1 unspecified atom stereocenters. The Morgan fingerprint density at radius 1 is 1.67 bits per heavy atom. The second kappa shape index (κ2) is 3.87. The van der Waals surface area contributed by atoms with Crippen LogP contribution in [0.2, 0.25) is 0 Å². The first-order valence-electron chi connectivity index (χ1n) is 3.95. The van der Waals surface area contributed by atoms with E-state index in [4.69, 9.17) is 9.47 Å². The lowest BCUT2D eigenvalue weighted by Crippen LogP contribution is -2.22. The van der Waals surface area contributed by atoms with Gasteiger partial charge in [-0.3, -0.25) is 0 Å². The Kier molecular flexibility index (Phi) is 3.05. The molecule has 1 atom stereocenters. The molecule has 0 amide bonds. The van der Waals surface area contributed by atoms with Crippen LogP contribution in [-0.2, 0) is 19.0 Å². The molecule has 1 rings (SSSR count). The van der Waals surface area contributed by atoms with Gasteiger partial charge >= 0.3 is 6.47 Å². The quantitative estimate of drug-likeness (QED) is 0.584. The van der Waals surface area contributed by atoms with Gasteiger partial charge in [0.25, 0.3) is 0 Å². The molecule has 1 radical (unpaired) electrons. The largest absolute Gasteiger partial charge is 0.457 e. The summed E-state index contributed by atoms with van der Waals surface area (Å²) in [4.78, 5) is 9.69. The molecule has 0 aliphatic carbocycles. The summed E-state index contributed by atoms with van der Waals surface area (Å²) in [5, 5.41) is 0. The number of ether oxygens (including phenoxy) is 3. The van der Waals surface area contributed by atoms with E-state index < -0.39 is 5.79 Å². The molecule has 0 aromatic heterocycles. The van der Waals surface area contributed by atoms with Gasteiger partial charge in [0.2, 0.25) is 0 Å². The average Bonchev–Trinajstić information content (AvgIpc) is 2.31. The minimum absolute atomic E-state index is 0.0355. The van der Waals surface area contributed by atoms with E-state index in [1.807, 2.05) is 13.8 Å². The van der Waals surface area contributed by atoms with E-state index in [-0.39, 0.29) is 6.10 Å². The summed E-state index contributed by atoms with van der Waals surface area (Å²) >= 11 is 0. The van der Waals surface area contributed by atoms with Gasteiger partial charge in [-0.05, 0) is 13.8 Å². The van der Waals surface area contributed by atoms with Crippen LogP contribution in [-0.4, -0.2) is 31.6 Å². The molecule has 4 heteroatoms. The van der Waals surface area contributed by atoms with E-state index in [0.29, 0.717) is 19.6 Å². The Morgan fingerprint density at radius 3 is 2.92 bits per heavy atom. The topological polar surface area (TPSA) is 44.8 Å². The molecule has 1 heterocycles. The van der Waals surface area contributed by atoms with Crippen molar-refractivity contribution in [1.82, 2.24) is 0 Å². The van der Waals surface area contributed by atoms with Gasteiger partial charge in [-0.25, -0.2) is 4.79 Å². The lowest BCUT2D eigenvalue weighted by atomic mass is 10.3. The van der Waals surface area contributed by atoms with Gasteiger partial charge in [-0.15, -0.1) is 0 Å². The zero-order valence-corrected chi connectivity index (χ0v) is 7.33.